The van der Waals surface area contributed by atoms with Gasteiger partial charge in [0.15, 0.2) is 5.78 Å². The molecule has 16 atom stereocenters. The summed E-state index contributed by atoms with van der Waals surface area (Å²) in [6.45, 7) is 19.7. The molecular weight excluding hydrogens is 1280 g/mol. The van der Waals surface area contributed by atoms with Gasteiger partial charge in [-0.25, -0.2) is 19.6 Å². The Labute approximate surface area is 586 Å². The van der Waals surface area contributed by atoms with E-state index in [1.165, 1.54) is 12.0 Å². The SMILES string of the molecule is CCOCCOCCNC(=O)CN(C)CC(=O)N1CCN(c2ncc(CNC(=O)O[C@@H]3CC[C@@H](C[C@@H](C)C4C[C@@H](OC)C(C)/C=C(\C)[C@@H](O)[C@@H](OC)C(=O)[C@H](C)C[C@H](C)/C=C/C=C/C=C(\C)[C@@H](OC)C[C@@H]5CC[C@@H](C)[C@@](O)(O5)C(=O)C(=O)N5CCCC[C@H]5C(=O)O4)C[C@H]3OC)cn2)CC1. The molecule has 4 amide bonds. The molecule has 1 saturated carbocycles. The van der Waals surface area contributed by atoms with Gasteiger partial charge in [-0.1, -0.05) is 71.1 Å². The first-order valence-electron chi connectivity index (χ1n) is 35.7. The number of methoxy groups -OCH3 is 4. The summed E-state index contributed by atoms with van der Waals surface area (Å²) in [7, 11) is 7.87. The number of nitrogens with zero attached hydrogens (tertiary/aromatic N) is 6. The van der Waals surface area contributed by atoms with Crippen molar-refractivity contribution in [1.82, 2.24) is 35.3 Å². The van der Waals surface area contributed by atoms with Gasteiger partial charge in [-0.05, 0) is 121 Å². The number of piperazine rings is 1. The van der Waals surface area contributed by atoms with Crippen LogP contribution in [-0.2, 0) is 77.9 Å². The molecule has 4 aliphatic heterocycles. The van der Waals surface area contributed by atoms with Gasteiger partial charge in [0.1, 0.15) is 30.5 Å². The molecule has 5 heterocycles. The standard InChI is InChI=1S/C73H116N8O18/c1-14-95-34-35-96-33-27-74-63(82)45-78(9)46-64(83)79-29-31-80(32-30-79)71-75-42-55(43-76-71)44-77-72(89)98-58-26-24-54(39-62(58)93-12)38-50(5)61-41-60(92-11)49(4)37-52(7)66(85)67(94-13)65(84)51(6)36-47(2)20-16-15-17-21-48(3)59(91-10)40-56-25-23-53(8)73(90,99-56)68(86)69(87)81-28-19-18-22-57(81)70(88)97-61/h15-17,20-21,37,42-43,47,49-51,53-54,56-62,66-67,85,90H,14,18-19,22-36,38-41,44-46H2,1-13H3,(H,74,82)(H,77,89)/b17-15+,20-16+,48-21+,52-37+/t47-,49?,50-,51-,53-,54+,56+,57+,58-,59+,60-,61?,62-,66-,67+,73-/m1/s1. The van der Waals surface area contributed by atoms with E-state index in [0.29, 0.717) is 140 Å². The van der Waals surface area contributed by atoms with Gasteiger partial charge in [0.25, 0.3) is 11.7 Å². The van der Waals surface area contributed by atoms with Crippen LogP contribution >= 0.6 is 0 Å². The van der Waals surface area contributed by atoms with E-state index in [4.69, 9.17) is 42.6 Å². The molecular formula is C73H116N8O18. The van der Waals surface area contributed by atoms with Crippen molar-refractivity contribution in [2.24, 2.45) is 35.5 Å². The number of carbonyl (C=O) groups is 7. The maximum atomic E-state index is 14.9. The van der Waals surface area contributed by atoms with Crippen LogP contribution in [0.1, 0.15) is 138 Å². The number of likely N-dealkylation sites (N-methyl/N-ethyl adjacent to an activating group) is 1. The quantitative estimate of drug-likeness (QED) is 0.0441. The van der Waals surface area contributed by atoms with Crippen molar-refractivity contribution in [3.05, 3.63) is 65.6 Å². The fourth-order valence-electron chi connectivity index (χ4n) is 14.1. The highest BCUT2D eigenvalue weighted by atomic mass is 16.6. The second-order valence-corrected chi connectivity index (χ2v) is 27.8. The number of piperidine rings is 1. The van der Waals surface area contributed by atoms with Crippen molar-refractivity contribution in [3.8, 4) is 0 Å². The number of rotatable bonds is 22. The molecule has 1 aromatic heterocycles. The number of hydrogen-bond acceptors (Lipinski definition) is 22. The van der Waals surface area contributed by atoms with Gasteiger partial charge in [-0.2, -0.15) is 0 Å². The van der Waals surface area contributed by atoms with Gasteiger partial charge in [0.05, 0.1) is 57.3 Å². The number of anilines is 1. The first-order chi connectivity index (χ1) is 47.3. The number of carbonyl (C=O) groups excluding carboxylic acids is 7. The largest absolute Gasteiger partial charge is 0.460 e. The minimum Gasteiger partial charge on any atom is -0.460 e. The molecule has 4 N–H and O–H groups in total. The number of aliphatic hydroxyl groups is 2. The average molecular weight is 1390 g/mol. The van der Waals surface area contributed by atoms with Crippen LogP contribution in [0.3, 0.4) is 0 Å². The van der Waals surface area contributed by atoms with Gasteiger partial charge in [0.2, 0.25) is 23.5 Å². The van der Waals surface area contributed by atoms with Crippen LogP contribution in [0.4, 0.5) is 10.7 Å². The number of aliphatic hydroxyl groups excluding tert-OH is 1. The Morgan fingerprint density at radius 3 is 2.18 bits per heavy atom. The summed E-state index contributed by atoms with van der Waals surface area (Å²) < 4.78 is 53.3. The van der Waals surface area contributed by atoms with Crippen LogP contribution in [-0.4, -0.2) is 251 Å². The van der Waals surface area contributed by atoms with Gasteiger partial charge < -0.3 is 78.2 Å². The number of esters is 1. The lowest BCUT2D eigenvalue weighted by Gasteiger charge is -2.43. The Bertz CT molecular complexity index is 2870. The van der Waals surface area contributed by atoms with E-state index in [2.05, 4.69) is 20.6 Å². The molecule has 5 aliphatic rings. The highest BCUT2D eigenvalue weighted by Crippen LogP contribution is 2.39. The van der Waals surface area contributed by atoms with Gasteiger partial charge in [-0.3, -0.25) is 28.9 Å². The molecule has 556 valence electrons. The van der Waals surface area contributed by atoms with E-state index in [1.54, 1.807) is 64.4 Å². The van der Waals surface area contributed by atoms with E-state index in [-0.39, 0.29) is 80.3 Å². The Morgan fingerprint density at radius 1 is 0.778 bits per heavy atom. The summed E-state index contributed by atoms with van der Waals surface area (Å²) in [5.41, 5.74) is 2.02. The number of cyclic esters (lactones) is 1. The maximum absolute atomic E-state index is 14.9. The Morgan fingerprint density at radius 2 is 1.49 bits per heavy atom. The van der Waals surface area contributed by atoms with Gasteiger partial charge in [-0.15, -0.1) is 0 Å². The molecule has 3 saturated heterocycles. The summed E-state index contributed by atoms with van der Waals surface area (Å²) in [5, 5.41) is 29.6. The molecule has 4 fully saturated rings. The fourth-order valence-corrected chi connectivity index (χ4v) is 14.1. The normalized spacial score (nSPS) is 32.1. The van der Waals surface area contributed by atoms with E-state index in [1.807, 2.05) is 82.9 Å². The van der Waals surface area contributed by atoms with Crippen molar-refractivity contribution in [2.45, 2.75) is 200 Å². The summed E-state index contributed by atoms with van der Waals surface area (Å²) in [6, 6.07) is -1.14. The molecule has 2 unspecified atom stereocenters. The third kappa shape index (κ3) is 24.6. The minimum absolute atomic E-state index is 0.00950. The van der Waals surface area contributed by atoms with Crippen molar-refractivity contribution < 1.29 is 86.4 Å². The number of allylic oxidation sites excluding steroid dienone is 5. The van der Waals surface area contributed by atoms with Crippen LogP contribution in [0.2, 0.25) is 0 Å². The number of fused-ring (bicyclic) bond motifs is 3. The molecule has 6 rings (SSSR count). The number of ketones is 2. The van der Waals surface area contributed by atoms with Crippen LogP contribution in [0.5, 0.6) is 0 Å². The van der Waals surface area contributed by atoms with Gasteiger partial charge >= 0.3 is 12.1 Å². The topological polar surface area (TPSA) is 306 Å². The number of Topliss-reactive ketones (excluding diaryl/α,β-unsaturated/α-hetero) is 2. The lowest BCUT2D eigenvalue weighted by atomic mass is 9.78. The highest BCUT2D eigenvalue weighted by molar-refractivity contribution is 6.39. The van der Waals surface area contributed by atoms with Crippen LogP contribution in [0, 0.1) is 35.5 Å². The van der Waals surface area contributed by atoms with E-state index < -0.39 is 96.2 Å². The number of aromatic nitrogens is 2. The summed E-state index contributed by atoms with van der Waals surface area (Å²) in [6.07, 6.45) is 13.7. The number of ether oxygens (including phenoxy) is 9. The predicted octanol–water partition coefficient (Wildman–Crippen LogP) is 6.10. The third-order valence-corrected chi connectivity index (χ3v) is 20.2. The maximum Gasteiger partial charge on any atom is 0.407 e. The number of hydrogen-bond donors (Lipinski definition) is 4. The first kappa shape index (κ1) is 81.9. The molecule has 1 aliphatic carbocycles. The Kier molecular flexibility index (Phi) is 34.0. The van der Waals surface area contributed by atoms with Crippen LogP contribution in [0.25, 0.3) is 0 Å². The zero-order chi connectivity index (χ0) is 72.3. The lowest BCUT2D eigenvalue weighted by Crippen LogP contribution is -2.61. The Hall–Kier alpha value is -6.07. The average Bonchev–Trinajstić information content (AvgIpc) is 0.777. The van der Waals surface area contributed by atoms with Crippen molar-refractivity contribution >= 4 is 47.3 Å². The van der Waals surface area contributed by atoms with Crippen molar-refractivity contribution in [2.75, 3.05) is 119 Å². The second-order valence-electron chi connectivity index (χ2n) is 27.8. The van der Waals surface area contributed by atoms with Crippen LogP contribution in [0.15, 0.2) is 60.0 Å². The summed E-state index contributed by atoms with van der Waals surface area (Å²) in [4.78, 5) is 113. The first-order valence-corrected chi connectivity index (χ1v) is 35.7. The predicted molar refractivity (Wildman–Crippen MR) is 371 cm³/mol. The molecule has 1 aromatic rings. The summed E-state index contributed by atoms with van der Waals surface area (Å²) in [5.74, 6) is -7.15. The molecule has 26 heteroatoms. The van der Waals surface area contributed by atoms with Crippen LogP contribution < -0.4 is 15.5 Å². The van der Waals surface area contributed by atoms with Crippen molar-refractivity contribution in [1.29, 1.82) is 0 Å². The highest BCUT2D eigenvalue weighted by Gasteiger charge is 2.53. The van der Waals surface area contributed by atoms with Gasteiger partial charge in [0, 0.05) is 129 Å². The molecule has 0 spiro atoms. The molecule has 26 nitrogen and oxygen atoms in total. The molecule has 0 aromatic carbocycles. The monoisotopic (exact) mass is 1390 g/mol. The molecule has 0 radical (unpaired) electrons. The fraction of sp³-hybridized carbons (Fsp3) is 0.740. The number of alkyl carbamates (subject to hydrolysis) is 1. The smallest absolute Gasteiger partial charge is 0.407 e. The van der Waals surface area contributed by atoms with E-state index >= 15 is 0 Å². The summed E-state index contributed by atoms with van der Waals surface area (Å²) >= 11 is 0. The minimum atomic E-state index is -2.46. The third-order valence-electron chi connectivity index (χ3n) is 20.2. The van der Waals surface area contributed by atoms with E-state index in [9.17, 15) is 43.8 Å². The number of nitrogens with one attached hydrogen (secondary N) is 2. The number of amides is 4. The second kappa shape index (κ2) is 41.1. The zero-order valence-corrected chi connectivity index (χ0v) is 61.1. The van der Waals surface area contributed by atoms with E-state index in [0.717, 1.165) is 5.57 Å². The zero-order valence-electron chi connectivity index (χ0n) is 61.1. The Balaban J connectivity index is 1.10. The molecule has 2 bridgehead atoms. The molecule has 99 heavy (non-hydrogen) atoms. The lowest BCUT2D eigenvalue weighted by molar-refractivity contribution is -0.265. The van der Waals surface area contributed by atoms with Crippen molar-refractivity contribution in [3.63, 3.8) is 0 Å².